The van der Waals surface area contributed by atoms with E-state index in [1.807, 2.05) is 20.8 Å². The van der Waals surface area contributed by atoms with Gasteiger partial charge >= 0.3 is 6.09 Å². The zero-order valence-electron chi connectivity index (χ0n) is 12.9. The van der Waals surface area contributed by atoms with Gasteiger partial charge in [0.2, 0.25) is 0 Å². The van der Waals surface area contributed by atoms with Crippen LogP contribution in [0.4, 0.5) is 4.79 Å². The Hall–Kier alpha value is -1.89. The zero-order chi connectivity index (χ0) is 16.3. The normalized spacial score (nSPS) is 15.6. The quantitative estimate of drug-likeness (QED) is 0.787. The van der Waals surface area contributed by atoms with E-state index in [-0.39, 0.29) is 22.8 Å². The van der Waals surface area contributed by atoms with Crippen LogP contribution < -0.4 is 0 Å². The van der Waals surface area contributed by atoms with Gasteiger partial charge in [-0.3, -0.25) is 4.79 Å². The summed E-state index contributed by atoms with van der Waals surface area (Å²) in [5.74, 6) is -0.215. The van der Waals surface area contributed by atoms with Crippen molar-refractivity contribution in [3.8, 4) is 0 Å². The van der Waals surface area contributed by atoms with Crippen molar-refractivity contribution in [2.24, 2.45) is 0 Å². The van der Waals surface area contributed by atoms with Crippen LogP contribution in [-0.2, 0) is 4.74 Å². The molecule has 2 heterocycles. The maximum absolute atomic E-state index is 12.3. The smallest absolute Gasteiger partial charge is 0.410 e. The molecule has 8 heteroatoms. The molecular formula is C14H19ClN4O3. The highest BCUT2D eigenvalue weighted by molar-refractivity contribution is 6.29. The molecule has 0 bridgehead atoms. The molecule has 1 aromatic rings. The Bertz CT molecular complexity index is 548. The zero-order valence-corrected chi connectivity index (χ0v) is 13.6. The lowest BCUT2D eigenvalue weighted by molar-refractivity contribution is 0.0140. The van der Waals surface area contributed by atoms with E-state index >= 15 is 0 Å². The van der Waals surface area contributed by atoms with Gasteiger partial charge < -0.3 is 14.5 Å². The molecule has 0 N–H and O–H groups in total. The van der Waals surface area contributed by atoms with Crippen molar-refractivity contribution in [3.05, 3.63) is 23.0 Å². The van der Waals surface area contributed by atoms with Gasteiger partial charge in [0.05, 0.1) is 0 Å². The van der Waals surface area contributed by atoms with Crippen molar-refractivity contribution in [2.75, 3.05) is 26.2 Å². The number of amides is 2. The van der Waals surface area contributed by atoms with Crippen molar-refractivity contribution in [1.82, 2.24) is 20.0 Å². The molecule has 120 valence electrons. The lowest BCUT2D eigenvalue weighted by Crippen LogP contribution is -2.51. The second-order valence-corrected chi connectivity index (χ2v) is 6.39. The number of aromatic nitrogens is 2. The molecule has 0 aliphatic carbocycles. The summed E-state index contributed by atoms with van der Waals surface area (Å²) in [7, 11) is 0. The molecule has 1 saturated heterocycles. The van der Waals surface area contributed by atoms with Gasteiger partial charge in [0.25, 0.3) is 5.91 Å². The SMILES string of the molecule is CC(C)(C)OC(=O)N1CCN(C(=O)c2ccc(Cl)nn2)CC1. The van der Waals surface area contributed by atoms with E-state index < -0.39 is 5.60 Å². The summed E-state index contributed by atoms with van der Waals surface area (Å²) in [5.41, 5.74) is -0.279. The van der Waals surface area contributed by atoms with Crippen LogP contribution in [0.5, 0.6) is 0 Å². The lowest BCUT2D eigenvalue weighted by atomic mass is 10.2. The van der Waals surface area contributed by atoms with Crippen molar-refractivity contribution in [3.63, 3.8) is 0 Å². The fraction of sp³-hybridized carbons (Fsp3) is 0.571. The van der Waals surface area contributed by atoms with Gasteiger partial charge in [-0.05, 0) is 32.9 Å². The van der Waals surface area contributed by atoms with Gasteiger partial charge in [0, 0.05) is 26.2 Å². The van der Waals surface area contributed by atoms with Gasteiger partial charge in [-0.15, -0.1) is 10.2 Å². The van der Waals surface area contributed by atoms with Crippen LogP contribution in [0.2, 0.25) is 5.15 Å². The van der Waals surface area contributed by atoms with Crippen LogP contribution >= 0.6 is 11.6 Å². The highest BCUT2D eigenvalue weighted by atomic mass is 35.5. The van der Waals surface area contributed by atoms with Crippen LogP contribution in [-0.4, -0.2) is 63.8 Å². The number of carbonyl (C=O) groups excluding carboxylic acids is 2. The number of nitrogens with zero attached hydrogens (tertiary/aromatic N) is 4. The molecular weight excluding hydrogens is 308 g/mol. The van der Waals surface area contributed by atoms with E-state index in [0.29, 0.717) is 26.2 Å². The molecule has 0 atom stereocenters. The van der Waals surface area contributed by atoms with Crippen LogP contribution in [0, 0.1) is 0 Å². The monoisotopic (exact) mass is 326 g/mol. The topological polar surface area (TPSA) is 75.6 Å². The molecule has 22 heavy (non-hydrogen) atoms. The Morgan fingerprint density at radius 3 is 2.18 bits per heavy atom. The summed E-state index contributed by atoms with van der Waals surface area (Å²) in [5, 5.41) is 7.68. The first-order valence-corrected chi connectivity index (χ1v) is 7.40. The Balaban J connectivity index is 1.90. The molecule has 2 amide bonds. The summed E-state index contributed by atoms with van der Waals surface area (Å²) in [6, 6.07) is 3.07. The van der Waals surface area contributed by atoms with E-state index in [4.69, 9.17) is 16.3 Å². The van der Waals surface area contributed by atoms with E-state index in [1.165, 1.54) is 12.1 Å². The first-order chi connectivity index (χ1) is 10.3. The second-order valence-electron chi connectivity index (χ2n) is 6.00. The standard InChI is InChI=1S/C14H19ClN4O3/c1-14(2,3)22-13(21)19-8-6-18(7-9-19)12(20)10-4-5-11(15)17-16-10/h4-5H,6-9H2,1-3H3. The molecule has 0 saturated carbocycles. The predicted octanol–water partition coefficient (Wildman–Crippen LogP) is 1.82. The van der Waals surface area contributed by atoms with Crippen molar-refractivity contribution < 1.29 is 14.3 Å². The Morgan fingerprint density at radius 2 is 1.68 bits per heavy atom. The fourth-order valence-corrected chi connectivity index (χ4v) is 2.11. The Kier molecular flexibility index (Phi) is 4.85. The maximum Gasteiger partial charge on any atom is 0.410 e. The number of piperazine rings is 1. The molecule has 1 aliphatic rings. The minimum absolute atomic E-state index is 0.215. The molecule has 0 spiro atoms. The van der Waals surface area contributed by atoms with Crippen molar-refractivity contribution in [2.45, 2.75) is 26.4 Å². The third kappa shape index (κ3) is 4.30. The number of halogens is 1. The fourth-order valence-electron chi connectivity index (χ4n) is 2.01. The van der Waals surface area contributed by atoms with Gasteiger partial charge in [-0.25, -0.2) is 4.79 Å². The van der Waals surface area contributed by atoms with Crippen LogP contribution in [0.25, 0.3) is 0 Å². The van der Waals surface area contributed by atoms with Crippen molar-refractivity contribution in [1.29, 1.82) is 0 Å². The summed E-state index contributed by atoms with van der Waals surface area (Å²) in [4.78, 5) is 27.5. The van der Waals surface area contributed by atoms with E-state index in [9.17, 15) is 9.59 Å². The molecule has 0 aromatic carbocycles. The molecule has 1 fully saturated rings. The number of hydrogen-bond acceptors (Lipinski definition) is 5. The Labute approximate surface area is 134 Å². The molecule has 1 aromatic heterocycles. The number of carbonyl (C=O) groups is 2. The first-order valence-electron chi connectivity index (χ1n) is 7.03. The predicted molar refractivity (Wildman–Crippen MR) is 80.8 cm³/mol. The summed E-state index contributed by atoms with van der Waals surface area (Å²) in [6.45, 7) is 7.20. The third-order valence-electron chi connectivity index (χ3n) is 3.07. The maximum atomic E-state index is 12.3. The molecule has 1 aliphatic heterocycles. The van der Waals surface area contributed by atoms with Crippen LogP contribution in [0.1, 0.15) is 31.3 Å². The van der Waals surface area contributed by atoms with Gasteiger partial charge in [-0.2, -0.15) is 0 Å². The third-order valence-corrected chi connectivity index (χ3v) is 3.27. The molecule has 0 radical (unpaired) electrons. The van der Waals surface area contributed by atoms with Gasteiger partial charge in [0.15, 0.2) is 10.8 Å². The largest absolute Gasteiger partial charge is 0.444 e. The van der Waals surface area contributed by atoms with E-state index in [2.05, 4.69) is 10.2 Å². The highest BCUT2D eigenvalue weighted by Gasteiger charge is 2.28. The minimum Gasteiger partial charge on any atom is -0.444 e. The minimum atomic E-state index is -0.525. The number of hydrogen-bond donors (Lipinski definition) is 0. The molecule has 0 unspecified atom stereocenters. The van der Waals surface area contributed by atoms with Crippen LogP contribution in [0.3, 0.4) is 0 Å². The molecule has 2 rings (SSSR count). The average molecular weight is 327 g/mol. The van der Waals surface area contributed by atoms with E-state index in [0.717, 1.165) is 0 Å². The average Bonchev–Trinajstić information content (AvgIpc) is 2.46. The van der Waals surface area contributed by atoms with Gasteiger partial charge in [-0.1, -0.05) is 11.6 Å². The lowest BCUT2D eigenvalue weighted by Gasteiger charge is -2.35. The number of ether oxygens (including phenoxy) is 1. The summed E-state index contributed by atoms with van der Waals surface area (Å²) < 4.78 is 5.32. The summed E-state index contributed by atoms with van der Waals surface area (Å²) >= 11 is 5.65. The number of rotatable bonds is 1. The highest BCUT2D eigenvalue weighted by Crippen LogP contribution is 2.13. The van der Waals surface area contributed by atoms with Crippen molar-refractivity contribution >= 4 is 23.6 Å². The molecule has 7 nitrogen and oxygen atoms in total. The summed E-state index contributed by atoms with van der Waals surface area (Å²) in [6.07, 6.45) is -0.356. The first kappa shape index (κ1) is 16.5. The Morgan fingerprint density at radius 1 is 1.09 bits per heavy atom. The van der Waals surface area contributed by atoms with Crippen LogP contribution in [0.15, 0.2) is 12.1 Å². The second kappa shape index (κ2) is 6.48. The van der Waals surface area contributed by atoms with E-state index in [1.54, 1.807) is 9.80 Å². The van der Waals surface area contributed by atoms with Gasteiger partial charge in [0.1, 0.15) is 5.60 Å².